The molecular weight excluding hydrogens is 457 g/mol. The maximum absolute atomic E-state index is 13.0. The fourth-order valence-corrected chi connectivity index (χ4v) is 4.56. The highest BCUT2D eigenvalue weighted by Crippen LogP contribution is 2.31. The number of piperazine rings is 2. The molecule has 0 radical (unpaired) electrons. The third-order valence-electron chi connectivity index (χ3n) is 6.63. The first-order valence-corrected chi connectivity index (χ1v) is 12.2. The van der Waals surface area contributed by atoms with Gasteiger partial charge in [0.2, 0.25) is 0 Å². The zero-order valence-corrected chi connectivity index (χ0v) is 19.9. The summed E-state index contributed by atoms with van der Waals surface area (Å²) in [6.45, 7) is 7.54. The molecule has 7 nitrogen and oxygen atoms in total. The number of nitrogens with one attached hydrogen (secondary N) is 1. The normalized spacial score (nSPS) is 17.5. The summed E-state index contributed by atoms with van der Waals surface area (Å²) in [5.41, 5.74) is 0.0256. The van der Waals surface area contributed by atoms with Gasteiger partial charge in [0.1, 0.15) is 5.82 Å². The number of amides is 2. The molecule has 35 heavy (non-hydrogen) atoms. The molecule has 1 aromatic carbocycles. The number of halogens is 3. The Labute approximate surface area is 204 Å². The first kappa shape index (κ1) is 25.1. The monoisotopic (exact) mass is 490 g/mol. The molecule has 1 N–H and O–H groups in total. The van der Waals surface area contributed by atoms with Crippen LogP contribution in [0.4, 0.5) is 29.5 Å². The topological polar surface area (TPSA) is 55.0 Å². The number of alkyl halides is 3. The lowest BCUT2D eigenvalue weighted by Gasteiger charge is -2.36. The highest BCUT2D eigenvalue weighted by molar-refractivity contribution is 5.74. The molecule has 2 amide bonds. The number of nitrogens with zero attached hydrogens (tertiary/aromatic N) is 5. The summed E-state index contributed by atoms with van der Waals surface area (Å²) in [6, 6.07) is 11.4. The summed E-state index contributed by atoms with van der Waals surface area (Å²) >= 11 is 0. The van der Waals surface area contributed by atoms with Crippen molar-refractivity contribution in [2.24, 2.45) is 0 Å². The minimum absolute atomic E-state index is 0.0135. The number of aromatic nitrogens is 1. The van der Waals surface area contributed by atoms with Gasteiger partial charge in [-0.2, -0.15) is 13.2 Å². The van der Waals surface area contributed by atoms with E-state index in [1.54, 1.807) is 12.3 Å². The lowest BCUT2D eigenvalue weighted by atomic mass is 10.1. The number of rotatable bonds is 7. The maximum atomic E-state index is 13.0. The van der Waals surface area contributed by atoms with Crippen LogP contribution in [0.2, 0.25) is 0 Å². The second kappa shape index (κ2) is 11.6. The predicted molar refractivity (Wildman–Crippen MR) is 131 cm³/mol. The van der Waals surface area contributed by atoms with E-state index < -0.39 is 11.7 Å². The Morgan fingerprint density at radius 3 is 2.31 bits per heavy atom. The highest BCUT2D eigenvalue weighted by Gasteiger charge is 2.31. The average Bonchev–Trinajstić information content (AvgIpc) is 2.89. The maximum Gasteiger partial charge on any atom is 0.416 e. The van der Waals surface area contributed by atoms with Crippen molar-refractivity contribution in [1.29, 1.82) is 0 Å². The smallest absolute Gasteiger partial charge is 0.369 e. The molecule has 2 aromatic rings. The van der Waals surface area contributed by atoms with Crippen LogP contribution < -0.4 is 15.1 Å². The second-order valence-corrected chi connectivity index (χ2v) is 8.98. The van der Waals surface area contributed by atoms with Crippen molar-refractivity contribution < 1.29 is 18.0 Å². The van der Waals surface area contributed by atoms with Gasteiger partial charge in [-0.05, 0) is 49.7 Å². The Kier molecular flexibility index (Phi) is 8.33. The number of unbranched alkanes of at least 4 members (excludes halogenated alkanes) is 1. The summed E-state index contributed by atoms with van der Waals surface area (Å²) in [5, 5.41) is 3.02. The second-order valence-electron chi connectivity index (χ2n) is 8.98. The summed E-state index contributed by atoms with van der Waals surface area (Å²) in [6.07, 6.45) is -0.670. The quantitative estimate of drug-likeness (QED) is 0.602. The molecule has 2 aliphatic rings. The molecule has 10 heteroatoms. The molecule has 0 saturated carbocycles. The molecule has 2 fully saturated rings. The molecule has 4 rings (SSSR count). The van der Waals surface area contributed by atoms with Gasteiger partial charge in [0.25, 0.3) is 0 Å². The first-order valence-electron chi connectivity index (χ1n) is 12.2. The van der Waals surface area contributed by atoms with Gasteiger partial charge in [-0.25, -0.2) is 9.78 Å². The Balaban J connectivity index is 1.09. The number of urea groups is 1. The third-order valence-corrected chi connectivity index (χ3v) is 6.63. The number of hydrogen-bond donors (Lipinski definition) is 1. The van der Waals surface area contributed by atoms with Gasteiger partial charge in [-0.1, -0.05) is 12.1 Å². The summed E-state index contributed by atoms with van der Waals surface area (Å²) in [5.74, 6) is 0.947. The van der Waals surface area contributed by atoms with E-state index in [1.165, 1.54) is 12.1 Å². The van der Waals surface area contributed by atoms with Gasteiger partial charge >= 0.3 is 12.2 Å². The van der Waals surface area contributed by atoms with Crippen LogP contribution in [0.15, 0.2) is 48.7 Å². The van der Waals surface area contributed by atoms with Crippen molar-refractivity contribution in [2.75, 3.05) is 75.2 Å². The summed E-state index contributed by atoms with van der Waals surface area (Å²) in [4.78, 5) is 25.2. The van der Waals surface area contributed by atoms with E-state index in [0.717, 1.165) is 57.4 Å². The molecule has 0 atom stereocenters. The van der Waals surface area contributed by atoms with Crippen molar-refractivity contribution in [3.05, 3.63) is 54.2 Å². The van der Waals surface area contributed by atoms with E-state index in [9.17, 15) is 18.0 Å². The van der Waals surface area contributed by atoms with E-state index in [4.69, 9.17) is 0 Å². The standard InChI is InChI=1S/C25H33F3N6O/c26-25(27,28)21-6-5-7-22(20-21)32-14-12-31(13-15-32)11-4-3-10-30-24(35)34-18-16-33(17-19-34)23-8-1-2-9-29-23/h1-2,5-9,20H,3-4,10-19H2,(H,30,35). The number of carbonyl (C=O) groups excluding carboxylic acids is 1. The lowest BCUT2D eigenvalue weighted by Crippen LogP contribution is -2.52. The molecule has 0 aliphatic carbocycles. The average molecular weight is 491 g/mol. The molecule has 0 bridgehead atoms. The molecule has 190 valence electrons. The summed E-state index contributed by atoms with van der Waals surface area (Å²) in [7, 11) is 0. The fourth-order valence-electron chi connectivity index (χ4n) is 4.56. The van der Waals surface area contributed by atoms with Crippen LogP contribution in [0.1, 0.15) is 18.4 Å². The van der Waals surface area contributed by atoms with E-state index in [2.05, 4.69) is 20.1 Å². The SMILES string of the molecule is O=C(NCCCCN1CCN(c2cccc(C(F)(F)F)c2)CC1)N1CCN(c2ccccn2)CC1. The fraction of sp³-hybridized carbons (Fsp3) is 0.520. The Morgan fingerprint density at radius 1 is 0.886 bits per heavy atom. The van der Waals surface area contributed by atoms with Crippen molar-refractivity contribution >= 4 is 17.5 Å². The Hall–Kier alpha value is -3.01. The van der Waals surface area contributed by atoms with Crippen LogP contribution in [0.5, 0.6) is 0 Å². The Bertz CT molecular complexity index is 942. The zero-order chi connectivity index (χ0) is 24.7. The number of hydrogen-bond acceptors (Lipinski definition) is 5. The first-order chi connectivity index (χ1) is 16.9. The summed E-state index contributed by atoms with van der Waals surface area (Å²) < 4.78 is 38.9. The van der Waals surface area contributed by atoms with E-state index in [-0.39, 0.29) is 6.03 Å². The van der Waals surface area contributed by atoms with Crippen molar-refractivity contribution in [3.63, 3.8) is 0 Å². The number of carbonyl (C=O) groups is 1. The van der Waals surface area contributed by atoms with E-state index in [0.29, 0.717) is 38.4 Å². The van der Waals surface area contributed by atoms with Crippen LogP contribution in [0.3, 0.4) is 0 Å². The van der Waals surface area contributed by atoms with Gasteiger partial charge in [0.05, 0.1) is 5.56 Å². The number of pyridine rings is 1. The van der Waals surface area contributed by atoms with Gasteiger partial charge in [-0.15, -0.1) is 0 Å². The Morgan fingerprint density at radius 2 is 1.63 bits per heavy atom. The zero-order valence-electron chi connectivity index (χ0n) is 19.9. The predicted octanol–water partition coefficient (Wildman–Crippen LogP) is 3.53. The molecular formula is C25H33F3N6O. The van der Waals surface area contributed by atoms with Crippen LogP contribution in [0.25, 0.3) is 0 Å². The lowest BCUT2D eigenvalue weighted by molar-refractivity contribution is -0.137. The highest BCUT2D eigenvalue weighted by atomic mass is 19.4. The van der Waals surface area contributed by atoms with Crippen molar-refractivity contribution in [1.82, 2.24) is 20.1 Å². The number of anilines is 2. The van der Waals surface area contributed by atoms with Gasteiger partial charge in [0, 0.05) is 70.8 Å². The van der Waals surface area contributed by atoms with E-state index in [1.807, 2.05) is 28.0 Å². The van der Waals surface area contributed by atoms with E-state index >= 15 is 0 Å². The number of benzene rings is 1. The molecule has 0 unspecified atom stereocenters. The molecule has 2 aliphatic heterocycles. The van der Waals surface area contributed by atoms with Crippen LogP contribution in [-0.4, -0.2) is 86.3 Å². The van der Waals surface area contributed by atoms with Crippen LogP contribution in [0, 0.1) is 0 Å². The van der Waals surface area contributed by atoms with Gasteiger partial charge in [0.15, 0.2) is 0 Å². The van der Waals surface area contributed by atoms with Crippen molar-refractivity contribution in [3.8, 4) is 0 Å². The van der Waals surface area contributed by atoms with Crippen molar-refractivity contribution in [2.45, 2.75) is 19.0 Å². The molecule has 0 spiro atoms. The van der Waals surface area contributed by atoms with Gasteiger partial charge < -0.3 is 20.0 Å². The minimum Gasteiger partial charge on any atom is -0.369 e. The van der Waals surface area contributed by atoms with Crippen LogP contribution >= 0.6 is 0 Å². The largest absolute Gasteiger partial charge is 0.416 e. The third kappa shape index (κ3) is 7.00. The minimum atomic E-state index is -4.32. The molecule has 2 saturated heterocycles. The molecule has 3 heterocycles. The van der Waals surface area contributed by atoms with Crippen LogP contribution in [-0.2, 0) is 6.18 Å². The molecule has 1 aromatic heterocycles. The van der Waals surface area contributed by atoms with Gasteiger partial charge in [-0.3, -0.25) is 4.90 Å².